The van der Waals surface area contributed by atoms with Gasteiger partial charge < -0.3 is 9.30 Å². The highest BCUT2D eigenvalue weighted by atomic mass is 16.5. The summed E-state index contributed by atoms with van der Waals surface area (Å²) in [7, 11) is 0. The number of hydrogen-bond donors (Lipinski definition) is 0. The van der Waals surface area contributed by atoms with Gasteiger partial charge in [0.05, 0.1) is 27.8 Å². The lowest BCUT2D eigenvalue weighted by Crippen LogP contribution is -2.06. The Labute approximate surface area is 259 Å². The quantitative estimate of drug-likeness (QED) is 0.209. The molecule has 45 heavy (non-hydrogen) atoms. The van der Waals surface area contributed by atoms with Crippen molar-refractivity contribution < 1.29 is 4.74 Å². The Morgan fingerprint density at radius 2 is 1.22 bits per heavy atom. The van der Waals surface area contributed by atoms with Crippen molar-refractivity contribution in [2.24, 2.45) is 0 Å². The van der Waals surface area contributed by atoms with Gasteiger partial charge in [-0.25, -0.2) is 4.98 Å². The molecule has 0 radical (unpaired) electrons. The topological polar surface area (TPSA) is 32.0 Å². The number of ether oxygens (including phenoxy) is 1. The third-order valence-electron chi connectivity index (χ3n) is 9.52. The normalized spacial score (nSPS) is 15.7. The van der Waals surface area contributed by atoms with E-state index in [2.05, 4.69) is 149 Å². The number of allylic oxidation sites excluding steroid dienone is 4. The fourth-order valence-corrected chi connectivity index (χ4v) is 7.58. The van der Waals surface area contributed by atoms with Crippen molar-refractivity contribution in [3.05, 3.63) is 163 Å². The van der Waals surface area contributed by atoms with Crippen LogP contribution >= 0.6 is 0 Å². The smallest absolute Gasteiger partial charge is 0.138 e. The van der Waals surface area contributed by atoms with Gasteiger partial charge in [-0.15, -0.1) is 0 Å². The molecule has 3 aromatic heterocycles. The highest BCUT2D eigenvalue weighted by Crippen LogP contribution is 2.47. The lowest BCUT2D eigenvalue weighted by atomic mass is 9.87. The Balaban J connectivity index is 1.19. The first-order chi connectivity index (χ1) is 22.3. The largest absolute Gasteiger partial charge is 0.461 e. The number of nitrogens with zero attached hydrogens (tertiary/aromatic N) is 3. The van der Waals surface area contributed by atoms with Gasteiger partial charge in [0.25, 0.3) is 0 Å². The molecular formula is C41H27N3O. The Morgan fingerprint density at radius 1 is 0.556 bits per heavy atom. The third kappa shape index (κ3) is 3.51. The molecule has 4 nitrogen and oxygen atoms in total. The van der Waals surface area contributed by atoms with Crippen LogP contribution in [0.5, 0.6) is 5.75 Å². The van der Waals surface area contributed by atoms with E-state index in [0.717, 1.165) is 46.2 Å². The number of pyridine rings is 1. The molecule has 0 spiro atoms. The van der Waals surface area contributed by atoms with Crippen LogP contribution in [0.1, 0.15) is 23.6 Å². The summed E-state index contributed by atoms with van der Waals surface area (Å²) < 4.78 is 10.9. The fraction of sp³-hybridized carbons (Fsp3) is 0.0488. The van der Waals surface area contributed by atoms with E-state index in [1.54, 1.807) is 0 Å². The lowest BCUT2D eigenvalue weighted by molar-refractivity contribution is 0.426. The van der Waals surface area contributed by atoms with E-state index >= 15 is 0 Å². The van der Waals surface area contributed by atoms with E-state index in [9.17, 15) is 0 Å². The molecule has 10 rings (SSSR count). The van der Waals surface area contributed by atoms with Gasteiger partial charge >= 0.3 is 0 Å². The van der Waals surface area contributed by atoms with E-state index in [1.807, 2.05) is 6.07 Å². The third-order valence-corrected chi connectivity index (χ3v) is 9.52. The zero-order valence-electron chi connectivity index (χ0n) is 24.4. The Morgan fingerprint density at radius 3 is 2.02 bits per heavy atom. The number of rotatable bonds is 3. The summed E-state index contributed by atoms with van der Waals surface area (Å²) in [5.41, 5.74) is 9.35. The molecule has 212 valence electrons. The predicted molar refractivity (Wildman–Crippen MR) is 183 cm³/mol. The maximum Gasteiger partial charge on any atom is 0.138 e. The summed E-state index contributed by atoms with van der Waals surface area (Å²) in [5.74, 6) is 3.14. The van der Waals surface area contributed by atoms with Gasteiger partial charge in [-0.05, 0) is 72.7 Å². The minimum atomic E-state index is 0.232. The van der Waals surface area contributed by atoms with Crippen molar-refractivity contribution in [3.63, 3.8) is 0 Å². The molecule has 5 aromatic carbocycles. The molecule has 0 saturated heterocycles. The SMILES string of the molecule is C1=C(c2cccc(-n3c4ccccc4c4c5c6ccccc6n(-c6ccccc6)c5ccc43)n2)CC2C(=C1)Oc1ccccc12. The van der Waals surface area contributed by atoms with Crippen LogP contribution in [0.4, 0.5) is 0 Å². The average Bonchev–Trinajstić information content (AvgIpc) is 3.76. The minimum absolute atomic E-state index is 0.232. The van der Waals surface area contributed by atoms with Crippen LogP contribution < -0.4 is 4.74 Å². The van der Waals surface area contributed by atoms with Crippen molar-refractivity contribution in [3.8, 4) is 17.3 Å². The number of hydrogen-bond acceptors (Lipinski definition) is 2. The minimum Gasteiger partial charge on any atom is -0.461 e. The number of fused-ring (bicyclic) bond motifs is 10. The van der Waals surface area contributed by atoms with Gasteiger partial charge in [-0.3, -0.25) is 4.57 Å². The second-order valence-corrected chi connectivity index (χ2v) is 11.9. The molecule has 2 aliphatic rings. The zero-order chi connectivity index (χ0) is 29.5. The second-order valence-electron chi connectivity index (χ2n) is 11.9. The van der Waals surface area contributed by atoms with Crippen LogP contribution in [0, 0.1) is 0 Å². The van der Waals surface area contributed by atoms with Crippen LogP contribution in [0.2, 0.25) is 0 Å². The first kappa shape index (κ1) is 24.6. The van der Waals surface area contributed by atoms with Crippen molar-refractivity contribution in [1.82, 2.24) is 14.1 Å². The van der Waals surface area contributed by atoms with E-state index < -0.39 is 0 Å². The predicted octanol–water partition coefficient (Wildman–Crippen LogP) is 10.1. The summed E-state index contributed by atoms with van der Waals surface area (Å²) in [4.78, 5) is 5.32. The van der Waals surface area contributed by atoms with E-state index in [4.69, 9.17) is 9.72 Å². The lowest BCUT2D eigenvalue weighted by Gasteiger charge is -2.18. The maximum atomic E-state index is 6.16. The first-order valence-electron chi connectivity index (χ1n) is 15.5. The van der Waals surface area contributed by atoms with Gasteiger partial charge in [-0.2, -0.15) is 0 Å². The summed E-state index contributed by atoms with van der Waals surface area (Å²) >= 11 is 0. The molecule has 1 aliphatic carbocycles. The van der Waals surface area contributed by atoms with Gasteiger partial charge in [0, 0.05) is 38.7 Å². The molecule has 0 N–H and O–H groups in total. The Kier molecular flexibility index (Phi) is 5.08. The van der Waals surface area contributed by atoms with E-state index in [1.165, 1.54) is 43.7 Å². The molecule has 0 amide bonds. The van der Waals surface area contributed by atoms with Crippen molar-refractivity contribution >= 4 is 49.2 Å². The standard InChI is InChI=1S/C41H27N3O/c1-2-11-27(12-3-1)43-33-17-7-4-14-29(33)40-35(43)22-23-36-41(40)30-15-5-8-18-34(30)44(36)39-20-10-16-32(42-39)26-21-24-38-31(25-26)28-13-6-9-19-37(28)45-38/h1-24,31H,25H2. The summed E-state index contributed by atoms with van der Waals surface area (Å²) in [6.07, 6.45) is 5.17. The Hall–Kier alpha value is -5.87. The first-order valence-corrected chi connectivity index (χ1v) is 15.5. The van der Waals surface area contributed by atoms with Crippen molar-refractivity contribution in [2.45, 2.75) is 12.3 Å². The number of para-hydroxylation sites is 4. The van der Waals surface area contributed by atoms with E-state index in [-0.39, 0.29) is 5.92 Å². The molecule has 4 heterocycles. The van der Waals surface area contributed by atoms with Gasteiger partial charge in [0.2, 0.25) is 0 Å². The molecule has 4 heteroatoms. The molecule has 1 aliphatic heterocycles. The molecule has 0 saturated carbocycles. The second kappa shape index (κ2) is 9.31. The van der Waals surface area contributed by atoms with Crippen LogP contribution in [0.15, 0.2) is 151 Å². The average molecular weight is 578 g/mol. The summed E-state index contributed by atoms with van der Waals surface area (Å²) in [6, 6.07) is 47.5. The number of aromatic nitrogens is 3. The molecule has 0 fully saturated rings. The van der Waals surface area contributed by atoms with E-state index in [0.29, 0.717) is 0 Å². The molecular weight excluding hydrogens is 550 g/mol. The van der Waals surface area contributed by atoms with Crippen LogP contribution in [0.3, 0.4) is 0 Å². The van der Waals surface area contributed by atoms with Gasteiger partial charge in [-0.1, -0.05) is 84.9 Å². The van der Waals surface area contributed by atoms with Crippen LogP contribution in [0.25, 0.3) is 60.7 Å². The highest BCUT2D eigenvalue weighted by molar-refractivity contribution is 6.28. The summed E-state index contributed by atoms with van der Waals surface area (Å²) in [6.45, 7) is 0. The highest BCUT2D eigenvalue weighted by Gasteiger charge is 2.32. The Bertz CT molecular complexity index is 2550. The molecule has 1 unspecified atom stereocenters. The molecule has 0 bridgehead atoms. The number of benzene rings is 5. The van der Waals surface area contributed by atoms with Crippen LogP contribution in [-0.4, -0.2) is 14.1 Å². The van der Waals surface area contributed by atoms with Crippen LogP contribution in [-0.2, 0) is 0 Å². The zero-order valence-corrected chi connectivity index (χ0v) is 24.4. The fourth-order valence-electron chi connectivity index (χ4n) is 7.58. The van der Waals surface area contributed by atoms with Crippen molar-refractivity contribution in [1.29, 1.82) is 0 Å². The monoisotopic (exact) mass is 577 g/mol. The van der Waals surface area contributed by atoms with Crippen molar-refractivity contribution in [2.75, 3.05) is 0 Å². The summed E-state index contributed by atoms with van der Waals surface area (Å²) in [5, 5.41) is 5.00. The molecule has 8 aromatic rings. The maximum absolute atomic E-state index is 6.16. The van der Waals surface area contributed by atoms with Gasteiger partial charge in [0.1, 0.15) is 17.3 Å². The van der Waals surface area contributed by atoms with Gasteiger partial charge in [0.15, 0.2) is 0 Å². The molecule has 1 atom stereocenters.